The lowest BCUT2D eigenvalue weighted by atomic mass is 10.2. The Labute approximate surface area is 205 Å². The first kappa shape index (κ1) is 25.1. The van der Waals surface area contributed by atoms with E-state index in [4.69, 9.17) is 27.9 Å². The molecule has 0 bridgehead atoms. The molecule has 0 spiro atoms. The molecule has 0 aliphatic rings. The summed E-state index contributed by atoms with van der Waals surface area (Å²) in [5.74, 6) is -0.912. The summed E-state index contributed by atoms with van der Waals surface area (Å²) < 4.78 is 30.6. The number of ether oxygens (including phenoxy) is 1. The Kier molecular flexibility index (Phi) is 7.76. The number of halogens is 2. The zero-order chi connectivity index (χ0) is 24.3. The van der Waals surface area contributed by atoms with Crippen LogP contribution in [-0.2, 0) is 26.2 Å². The predicted molar refractivity (Wildman–Crippen MR) is 128 cm³/mol. The molecular formula is C21H19Cl2N3O5S2. The van der Waals surface area contributed by atoms with Gasteiger partial charge in [-0.2, -0.15) is 0 Å². The van der Waals surface area contributed by atoms with E-state index in [1.807, 2.05) is 0 Å². The molecule has 0 saturated heterocycles. The van der Waals surface area contributed by atoms with E-state index < -0.39 is 16.0 Å². The fourth-order valence-corrected chi connectivity index (χ4v) is 4.78. The van der Waals surface area contributed by atoms with Crippen LogP contribution >= 0.6 is 34.5 Å². The Morgan fingerprint density at radius 3 is 2.30 bits per heavy atom. The number of aromatic nitrogens is 1. The molecule has 12 heteroatoms. The van der Waals surface area contributed by atoms with E-state index in [-0.39, 0.29) is 23.0 Å². The molecule has 3 aromatic rings. The molecule has 0 fully saturated rings. The van der Waals surface area contributed by atoms with Crippen LogP contribution in [0.2, 0.25) is 10.0 Å². The average molecular weight is 528 g/mol. The van der Waals surface area contributed by atoms with Crippen molar-refractivity contribution in [1.29, 1.82) is 0 Å². The van der Waals surface area contributed by atoms with Crippen LogP contribution in [0, 0.1) is 0 Å². The van der Waals surface area contributed by atoms with Crippen molar-refractivity contribution in [1.82, 2.24) is 9.29 Å². The highest BCUT2D eigenvalue weighted by atomic mass is 35.5. The van der Waals surface area contributed by atoms with Crippen LogP contribution in [-0.4, -0.2) is 43.7 Å². The molecule has 0 N–H and O–H groups in total. The number of carbonyl (C=O) groups excluding carboxylic acids is 2. The van der Waals surface area contributed by atoms with Crippen molar-refractivity contribution in [3.05, 3.63) is 69.1 Å². The largest absolute Gasteiger partial charge is 0.456 e. The van der Waals surface area contributed by atoms with Crippen molar-refractivity contribution in [3.8, 4) is 0 Å². The van der Waals surface area contributed by atoms with E-state index in [9.17, 15) is 18.0 Å². The van der Waals surface area contributed by atoms with Gasteiger partial charge in [0.05, 0.1) is 31.9 Å². The molecule has 3 rings (SSSR count). The Hall–Kier alpha value is -2.50. The number of hydrogen-bond donors (Lipinski definition) is 0. The number of rotatable bonds is 7. The second kappa shape index (κ2) is 10.2. The van der Waals surface area contributed by atoms with Gasteiger partial charge in [-0.3, -0.25) is 9.69 Å². The van der Waals surface area contributed by atoms with Crippen LogP contribution in [0.15, 0.2) is 52.7 Å². The predicted octanol–water partition coefficient (Wildman–Crippen LogP) is 4.74. The number of hydrogen-bond acceptors (Lipinski definition) is 7. The third-order valence-electron chi connectivity index (χ3n) is 4.43. The summed E-state index contributed by atoms with van der Waals surface area (Å²) in [5.41, 5.74) is 1.15. The molecule has 2 aromatic carbocycles. The summed E-state index contributed by atoms with van der Waals surface area (Å²) >= 11 is 13.2. The van der Waals surface area contributed by atoms with Crippen molar-refractivity contribution in [2.24, 2.45) is 0 Å². The van der Waals surface area contributed by atoms with Gasteiger partial charge in [0, 0.05) is 26.4 Å². The topological polar surface area (TPSA) is 96.9 Å². The van der Waals surface area contributed by atoms with E-state index >= 15 is 0 Å². The molecule has 1 aromatic heterocycles. The maximum absolute atomic E-state index is 12.4. The standard InChI is InChI=1S/C21H19Cl2N3O5S2/c1-13(27)26(16-6-9-18(22)19(23)10-16)21-24-15(12-32-21)11-31-20(28)14-4-7-17(8-5-14)33(29,30)25(2)3/h4-10,12H,11H2,1-3H3. The second-order valence-electron chi connectivity index (χ2n) is 6.96. The molecule has 0 saturated carbocycles. The maximum atomic E-state index is 12.4. The molecule has 8 nitrogen and oxygen atoms in total. The van der Waals surface area contributed by atoms with E-state index in [1.165, 1.54) is 61.5 Å². The Balaban J connectivity index is 1.70. The fourth-order valence-electron chi connectivity index (χ4n) is 2.71. The molecule has 0 aliphatic carbocycles. The number of carbonyl (C=O) groups is 2. The molecule has 0 radical (unpaired) electrons. The van der Waals surface area contributed by atoms with Gasteiger partial charge >= 0.3 is 5.97 Å². The molecule has 1 heterocycles. The van der Waals surface area contributed by atoms with Gasteiger partial charge in [0.25, 0.3) is 0 Å². The van der Waals surface area contributed by atoms with Gasteiger partial charge < -0.3 is 4.74 Å². The molecule has 33 heavy (non-hydrogen) atoms. The quantitative estimate of drug-likeness (QED) is 0.411. The van der Waals surface area contributed by atoms with E-state index in [2.05, 4.69) is 4.98 Å². The van der Waals surface area contributed by atoms with Gasteiger partial charge in [-0.05, 0) is 42.5 Å². The van der Waals surface area contributed by atoms with E-state index in [1.54, 1.807) is 23.6 Å². The maximum Gasteiger partial charge on any atom is 0.338 e. The first-order chi connectivity index (χ1) is 15.5. The van der Waals surface area contributed by atoms with Gasteiger partial charge in [0.2, 0.25) is 15.9 Å². The lowest BCUT2D eigenvalue weighted by molar-refractivity contribution is -0.115. The Morgan fingerprint density at radius 1 is 1.06 bits per heavy atom. The smallest absolute Gasteiger partial charge is 0.338 e. The number of anilines is 2. The van der Waals surface area contributed by atoms with Gasteiger partial charge in [0.1, 0.15) is 6.61 Å². The van der Waals surface area contributed by atoms with Crippen molar-refractivity contribution < 1.29 is 22.7 Å². The number of thiazole rings is 1. The lowest BCUT2D eigenvalue weighted by Crippen LogP contribution is -2.22. The second-order valence-corrected chi connectivity index (χ2v) is 10.8. The first-order valence-electron chi connectivity index (χ1n) is 9.40. The number of amides is 1. The molecule has 0 atom stereocenters. The van der Waals surface area contributed by atoms with Gasteiger partial charge in [-0.15, -0.1) is 11.3 Å². The normalized spacial score (nSPS) is 11.5. The van der Waals surface area contributed by atoms with Gasteiger partial charge in [-0.1, -0.05) is 23.2 Å². The van der Waals surface area contributed by atoms with Crippen LogP contribution in [0.25, 0.3) is 0 Å². The number of esters is 1. The summed E-state index contributed by atoms with van der Waals surface area (Å²) in [7, 11) is -0.740. The zero-order valence-electron chi connectivity index (χ0n) is 17.8. The van der Waals surface area contributed by atoms with Crippen molar-refractivity contribution >= 4 is 67.3 Å². The van der Waals surface area contributed by atoms with Gasteiger partial charge in [-0.25, -0.2) is 22.5 Å². The molecule has 174 valence electrons. The van der Waals surface area contributed by atoms with Crippen molar-refractivity contribution in [2.75, 3.05) is 19.0 Å². The van der Waals surface area contributed by atoms with Crippen LogP contribution in [0.1, 0.15) is 23.0 Å². The van der Waals surface area contributed by atoms with Crippen molar-refractivity contribution in [3.63, 3.8) is 0 Å². The highest BCUT2D eigenvalue weighted by Crippen LogP contribution is 2.33. The minimum Gasteiger partial charge on any atom is -0.456 e. The SMILES string of the molecule is CC(=O)N(c1ccc(Cl)c(Cl)c1)c1nc(COC(=O)c2ccc(S(=O)(=O)N(C)C)cc2)cs1. The fraction of sp³-hybridized carbons (Fsp3) is 0.190. The number of sulfonamides is 1. The molecule has 0 aliphatic heterocycles. The number of nitrogens with zero attached hydrogens (tertiary/aromatic N) is 3. The Morgan fingerprint density at radius 2 is 1.73 bits per heavy atom. The monoisotopic (exact) mass is 527 g/mol. The third-order valence-corrected chi connectivity index (χ3v) is 7.87. The van der Waals surface area contributed by atoms with Crippen LogP contribution in [0.3, 0.4) is 0 Å². The molecule has 1 amide bonds. The van der Waals surface area contributed by atoms with Crippen LogP contribution in [0.4, 0.5) is 10.8 Å². The summed E-state index contributed by atoms with van der Waals surface area (Å²) in [4.78, 5) is 30.4. The van der Waals surface area contributed by atoms with E-state index in [0.717, 1.165) is 4.31 Å². The van der Waals surface area contributed by atoms with Gasteiger partial charge in [0.15, 0.2) is 5.13 Å². The van der Waals surface area contributed by atoms with Crippen LogP contribution < -0.4 is 4.90 Å². The summed E-state index contributed by atoms with van der Waals surface area (Å²) in [6, 6.07) is 10.2. The minimum absolute atomic E-state index is 0.0693. The summed E-state index contributed by atoms with van der Waals surface area (Å²) in [5, 5.41) is 2.71. The Bertz CT molecular complexity index is 1290. The minimum atomic E-state index is -3.59. The summed E-state index contributed by atoms with van der Waals surface area (Å²) in [6.07, 6.45) is 0. The highest BCUT2D eigenvalue weighted by Gasteiger charge is 2.20. The molecular weight excluding hydrogens is 509 g/mol. The first-order valence-corrected chi connectivity index (χ1v) is 12.5. The van der Waals surface area contributed by atoms with Crippen LogP contribution in [0.5, 0.6) is 0 Å². The zero-order valence-corrected chi connectivity index (χ0v) is 20.9. The lowest BCUT2D eigenvalue weighted by Gasteiger charge is -2.18. The third kappa shape index (κ3) is 5.71. The number of benzene rings is 2. The molecule has 0 unspecified atom stereocenters. The highest BCUT2D eigenvalue weighted by molar-refractivity contribution is 7.89. The van der Waals surface area contributed by atoms with E-state index in [0.29, 0.717) is 26.6 Å². The average Bonchev–Trinajstić information content (AvgIpc) is 3.22. The van der Waals surface area contributed by atoms with Crippen molar-refractivity contribution in [2.45, 2.75) is 18.4 Å². The summed E-state index contributed by atoms with van der Waals surface area (Å²) in [6.45, 7) is 1.27.